The number of H-pyrrole nitrogens is 1. The first-order valence-corrected chi connectivity index (χ1v) is 7.28. The molecule has 1 aromatic carbocycles. The molecule has 2 heterocycles. The van der Waals surface area contributed by atoms with E-state index in [9.17, 15) is 5.11 Å². The largest absolute Gasteiger partial charge is 0.393 e. The first kappa shape index (κ1) is 12.7. The quantitative estimate of drug-likeness (QED) is 0.884. The van der Waals surface area contributed by atoms with E-state index in [1.807, 2.05) is 0 Å². The Balaban J connectivity index is 1.52. The number of hydrogen-bond acceptors (Lipinski definition) is 2. The molecule has 1 aliphatic rings. The van der Waals surface area contributed by atoms with E-state index >= 15 is 0 Å². The van der Waals surface area contributed by atoms with Crippen molar-refractivity contribution < 1.29 is 5.11 Å². The molecule has 0 spiro atoms. The number of hydrogen-bond donors (Lipinski definition) is 2. The van der Waals surface area contributed by atoms with E-state index in [1.54, 1.807) is 0 Å². The minimum Gasteiger partial charge on any atom is -0.393 e. The van der Waals surface area contributed by atoms with E-state index in [4.69, 9.17) is 0 Å². The zero-order valence-electron chi connectivity index (χ0n) is 11.3. The van der Waals surface area contributed by atoms with Crippen molar-refractivity contribution in [2.75, 3.05) is 19.6 Å². The molecule has 19 heavy (non-hydrogen) atoms. The number of piperidine rings is 1. The van der Waals surface area contributed by atoms with Crippen LogP contribution in [0.1, 0.15) is 24.8 Å². The summed E-state index contributed by atoms with van der Waals surface area (Å²) in [6, 6.07) is 8.50. The van der Waals surface area contributed by atoms with E-state index in [2.05, 4.69) is 40.3 Å². The molecule has 2 aromatic rings. The Labute approximate surface area is 114 Å². The lowest BCUT2D eigenvalue weighted by molar-refractivity contribution is 0.0821. The number of para-hydroxylation sites is 1. The van der Waals surface area contributed by atoms with Crippen molar-refractivity contribution in [3.63, 3.8) is 0 Å². The Hall–Kier alpha value is -1.32. The van der Waals surface area contributed by atoms with Crippen molar-refractivity contribution in [2.24, 2.45) is 0 Å². The summed E-state index contributed by atoms with van der Waals surface area (Å²) in [6.07, 6.45) is 6.27. The van der Waals surface area contributed by atoms with Crippen molar-refractivity contribution >= 4 is 10.9 Å². The van der Waals surface area contributed by atoms with Crippen LogP contribution < -0.4 is 0 Å². The number of fused-ring (bicyclic) bond motifs is 1. The van der Waals surface area contributed by atoms with Gasteiger partial charge in [-0.25, -0.2) is 0 Å². The Morgan fingerprint density at radius 3 is 2.84 bits per heavy atom. The van der Waals surface area contributed by atoms with Crippen LogP contribution in [0.5, 0.6) is 0 Å². The smallest absolute Gasteiger partial charge is 0.0564 e. The second kappa shape index (κ2) is 5.76. The van der Waals surface area contributed by atoms with Crippen molar-refractivity contribution in [3.8, 4) is 0 Å². The highest BCUT2D eigenvalue weighted by Gasteiger charge is 2.16. The Morgan fingerprint density at radius 2 is 2.00 bits per heavy atom. The summed E-state index contributed by atoms with van der Waals surface area (Å²) >= 11 is 0. The molecule has 0 amide bonds. The van der Waals surface area contributed by atoms with Crippen LogP contribution in [0, 0.1) is 0 Å². The van der Waals surface area contributed by atoms with Crippen molar-refractivity contribution in [2.45, 2.75) is 31.8 Å². The predicted molar refractivity (Wildman–Crippen MR) is 78.3 cm³/mol. The molecule has 0 unspecified atom stereocenters. The van der Waals surface area contributed by atoms with Gasteiger partial charge >= 0.3 is 0 Å². The summed E-state index contributed by atoms with van der Waals surface area (Å²) in [5.41, 5.74) is 2.66. The highest BCUT2D eigenvalue weighted by atomic mass is 16.3. The van der Waals surface area contributed by atoms with Crippen LogP contribution in [0.4, 0.5) is 0 Å². The van der Waals surface area contributed by atoms with Gasteiger partial charge in [0.1, 0.15) is 0 Å². The molecule has 3 nitrogen and oxygen atoms in total. The van der Waals surface area contributed by atoms with Crippen LogP contribution in [0.2, 0.25) is 0 Å². The topological polar surface area (TPSA) is 39.3 Å². The van der Waals surface area contributed by atoms with E-state index in [-0.39, 0.29) is 6.10 Å². The summed E-state index contributed by atoms with van der Waals surface area (Å²) in [6.45, 7) is 3.25. The zero-order valence-corrected chi connectivity index (χ0v) is 11.3. The molecule has 102 valence electrons. The maximum absolute atomic E-state index is 9.49. The van der Waals surface area contributed by atoms with Crippen LogP contribution in [-0.2, 0) is 6.42 Å². The number of aromatic amines is 1. The number of aromatic nitrogens is 1. The fourth-order valence-electron chi connectivity index (χ4n) is 2.97. The van der Waals surface area contributed by atoms with Crippen LogP contribution >= 0.6 is 0 Å². The minimum atomic E-state index is -0.0649. The Bertz CT molecular complexity index is 526. The van der Waals surface area contributed by atoms with E-state index in [0.717, 1.165) is 38.9 Å². The fourth-order valence-corrected chi connectivity index (χ4v) is 2.97. The van der Waals surface area contributed by atoms with Gasteiger partial charge < -0.3 is 15.0 Å². The molecular weight excluding hydrogens is 236 g/mol. The van der Waals surface area contributed by atoms with Gasteiger partial charge in [0.15, 0.2) is 0 Å². The summed E-state index contributed by atoms with van der Waals surface area (Å²) < 4.78 is 0. The summed E-state index contributed by atoms with van der Waals surface area (Å²) in [5, 5.41) is 10.8. The second-order valence-electron chi connectivity index (χ2n) is 5.54. The van der Waals surface area contributed by atoms with E-state index in [0.29, 0.717) is 0 Å². The zero-order chi connectivity index (χ0) is 13.1. The van der Waals surface area contributed by atoms with Crippen LogP contribution in [-0.4, -0.2) is 40.7 Å². The molecule has 0 aliphatic carbocycles. The summed E-state index contributed by atoms with van der Waals surface area (Å²) in [4.78, 5) is 5.81. The van der Waals surface area contributed by atoms with Gasteiger partial charge in [-0.05, 0) is 43.9 Å². The normalized spacial score (nSPS) is 18.2. The SMILES string of the molecule is OC1CCN(CCCc2c[nH]c3ccccc23)CC1. The number of likely N-dealkylation sites (tertiary alicyclic amines) is 1. The average Bonchev–Trinajstić information content (AvgIpc) is 2.85. The molecule has 1 fully saturated rings. The molecule has 1 saturated heterocycles. The lowest BCUT2D eigenvalue weighted by atomic mass is 10.1. The number of nitrogens with zero attached hydrogens (tertiary/aromatic N) is 1. The highest BCUT2D eigenvalue weighted by molar-refractivity contribution is 5.82. The highest BCUT2D eigenvalue weighted by Crippen LogP contribution is 2.19. The third-order valence-electron chi connectivity index (χ3n) is 4.15. The lowest BCUT2D eigenvalue weighted by Gasteiger charge is -2.29. The number of rotatable bonds is 4. The standard InChI is InChI=1S/C16H22N2O/c19-14-7-10-18(11-8-14)9-3-4-13-12-17-16-6-2-1-5-15(13)16/h1-2,5-6,12,14,17,19H,3-4,7-11H2. The third-order valence-corrected chi connectivity index (χ3v) is 4.15. The number of aliphatic hydroxyl groups is 1. The molecule has 3 heteroatoms. The number of nitrogens with one attached hydrogen (secondary N) is 1. The van der Waals surface area contributed by atoms with E-state index < -0.39 is 0 Å². The Morgan fingerprint density at radius 1 is 1.21 bits per heavy atom. The summed E-state index contributed by atoms with van der Waals surface area (Å²) in [5.74, 6) is 0. The van der Waals surface area contributed by atoms with Crippen LogP contribution in [0.15, 0.2) is 30.5 Å². The van der Waals surface area contributed by atoms with Gasteiger partial charge in [-0.1, -0.05) is 18.2 Å². The predicted octanol–water partition coefficient (Wildman–Crippen LogP) is 2.56. The molecular formula is C16H22N2O. The molecule has 2 N–H and O–H groups in total. The molecule has 3 rings (SSSR count). The lowest BCUT2D eigenvalue weighted by Crippen LogP contribution is -2.36. The number of aryl methyl sites for hydroxylation is 1. The second-order valence-corrected chi connectivity index (χ2v) is 5.54. The van der Waals surface area contributed by atoms with Gasteiger partial charge in [0, 0.05) is 30.2 Å². The van der Waals surface area contributed by atoms with Crippen molar-refractivity contribution in [3.05, 3.63) is 36.0 Å². The monoisotopic (exact) mass is 258 g/mol. The number of aliphatic hydroxyl groups excluding tert-OH is 1. The third kappa shape index (κ3) is 2.99. The first-order chi connectivity index (χ1) is 9.33. The van der Waals surface area contributed by atoms with E-state index in [1.165, 1.54) is 22.9 Å². The van der Waals surface area contributed by atoms with Gasteiger partial charge in [0.25, 0.3) is 0 Å². The van der Waals surface area contributed by atoms with Gasteiger partial charge in [-0.2, -0.15) is 0 Å². The van der Waals surface area contributed by atoms with Gasteiger partial charge in [-0.15, -0.1) is 0 Å². The summed E-state index contributed by atoms with van der Waals surface area (Å²) in [7, 11) is 0. The minimum absolute atomic E-state index is 0.0649. The molecule has 0 bridgehead atoms. The maximum Gasteiger partial charge on any atom is 0.0564 e. The van der Waals surface area contributed by atoms with Crippen molar-refractivity contribution in [1.29, 1.82) is 0 Å². The van der Waals surface area contributed by atoms with Crippen molar-refractivity contribution in [1.82, 2.24) is 9.88 Å². The van der Waals surface area contributed by atoms with Gasteiger partial charge in [0.2, 0.25) is 0 Å². The molecule has 1 aliphatic heterocycles. The van der Waals surface area contributed by atoms with Crippen LogP contribution in [0.3, 0.4) is 0 Å². The molecule has 0 saturated carbocycles. The maximum atomic E-state index is 9.49. The fraction of sp³-hybridized carbons (Fsp3) is 0.500. The molecule has 1 aromatic heterocycles. The molecule has 0 radical (unpaired) electrons. The number of benzene rings is 1. The van der Waals surface area contributed by atoms with Gasteiger partial charge in [0.05, 0.1) is 6.10 Å². The van der Waals surface area contributed by atoms with Crippen LogP contribution in [0.25, 0.3) is 10.9 Å². The van der Waals surface area contributed by atoms with Gasteiger partial charge in [-0.3, -0.25) is 0 Å². The average molecular weight is 258 g/mol. The first-order valence-electron chi connectivity index (χ1n) is 7.28. The Kier molecular flexibility index (Phi) is 3.85. The molecule has 0 atom stereocenters.